The van der Waals surface area contributed by atoms with Crippen LogP contribution in [0.15, 0.2) is 34.9 Å². The van der Waals surface area contributed by atoms with Crippen LogP contribution in [0.2, 0.25) is 0 Å². The molecule has 1 saturated carbocycles. The molecule has 22 heavy (non-hydrogen) atoms. The van der Waals surface area contributed by atoms with Crippen LogP contribution >= 0.6 is 12.4 Å². The lowest BCUT2D eigenvalue weighted by Gasteiger charge is -2.17. The van der Waals surface area contributed by atoms with E-state index in [-0.39, 0.29) is 18.3 Å². The molecule has 6 heteroatoms. The van der Waals surface area contributed by atoms with E-state index in [1.165, 1.54) is 0 Å². The third-order valence-electron chi connectivity index (χ3n) is 4.05. The van der Waals surface area contributed by atoms with Crippen LogP contribution in [0.5, 0.6) is 5.75 Å². The van der Waals surface area contributed by atoms with Crippen molar-refractivity contribution in [2.45, 2.75) is 44.1 Å². The molecule has 2 aromatic rings. The fourth-order valence-electron chi connectivity index (χ4n) is 2.68. The second-order valence-electron chi connectivity index (χ2n) is 5.84. The first-order chi connectivity index (χ1) is 10.2. The monoisotopic (exact) mass is 323 g/mol. The Morgan fingerprint density at radius 3 is 2.64 bits per heavy atom. The molecule has 120 valence electrons. The third kappa shape index (κ3) is 3.59. The van der Waals surface area contributed by atoms with E-state index in [1.807, 2.05) is 37.3 Å². The van der Waals surface area contributed by atoms with E-state index in [0.717, 1.165) is 31.4 Å². The van der Waals surface area contributed by atoms with Crippen molar-refractivity contribution in [1.82, 2.24) is 10.1 Å². The molecule has 1 aromatic carbocycles. The van der Waals surface area contributed by atoms with E-state index >= 15 is 0 Å². The Balaban J connectivity index is 0.00000176. The molecule has 1 fully saturated rings. The van der Waals surface area contributed by atoms with Crippen molar-refractivity contribution in [3.63, 3.8) is 0 Å². The van der Waals surface area contributed by atoms with Crippen molar-refractivity contribution in [2.75, 3.05) is 6.61 Å². The fraction of sp³-hybridized carbons (Fsp3) is 0.500. The number of nitrogens with zero attached hydrogens (tertiary/aromatic N) is 2. The van der Waals surface area contributed by atoms with Crippen LogP contribution in [0.1, 0.15) is 50.2 Å². The van der Waals surface area contributed by atoms with Gasteiger partial charge in [0.2, 0.25) is 5.89 Å². The van der Waals surface area contributed by atoms with Crippen LogP contribution in [0.25, 0.3) is 0 Å². The summed E-state index contributed by atoms with van der Waals surface area (Å²) in [6.07, 6.45) is 4.13. The quantitative estimate of drug-likeness (QED) is 0.912. The van der Waals surface area contributed by atoms with Gasteiger partial charge in [0, 0.05) is 0 Å². The van der Waals surface area contributed by atoms with Crippen LogP contribution in [-0.4, -0.2) is 16.7 Å². The van der Waals surface area contributed by atoms with E-state index in [9.17, 15) is 0 Å². The molecule has 0 radical (unpaired) electrons. The minimum absolute atomic E-state index is 0. The van der Waals surface area contributed by atoms with Gasteiger partial charge in [0.1, 0.15) is 5.75 Å². The molecule has 0 saturated heterocycles. The maximum absolute atomic E-state index is 6.34. The first-order valence-electron chi connectivity index (χ1n) is 7.48. The number of benzene rings is 1. The highest BCUT2D eigenvalue weighted by Gasteiger charge is 2.36. The summed E-state index contributed by atoms with van der Waals surface area (Å²) < 4.78 is 11.1. The van der Waals surface area contributed by atoms with Gasteiger partial charge in [-0.25, -0.2) is 0 Å². The van der Waals surface area contributed by atoms with Gasteiger partial charge in [-0.1, -0.05) is 43.1 Å². The van der Waals surface area contributed by atoms with Crippen LogP contribution in [0.3, 0.4) is 0 Å². The van der Waals surface area contributed by atoms with Crippen molar-refractivity contribution >= 4 is 12.4 Å². The highest BCUT2D eigenvalue weighted by Crippen LogP contribution is 2.35. The summed E-state index contributed by atoms with van der Waals surface area (Å²) in [5.41, 5.74) is 5.94. The second-order valence-corrected chi connectivity index (χ2v) is 5.84. The van der Waals surface area contributed by atoms with Gasteiger partial charge in [-0.2, -0.15) is 4.98 Å². The smallest absolute Gasteiger partial charge is 0.232 e. The number of rotatable bonds is 5. The number of para-hydroxylation sites is 1. The summed E-state index contributed by atoms with van der Waals surface area (Å²) in [6, 6.07) is 9.72. The SMILES string of the molecule is CC(COc1ccccc1)c1nc(C2(N)CCCC2)no1.Cl. The maximum atomic E-state index is 6.34. The second kappa shape index (κ2) is 7.11. The zero-order valence-electron chi connectivity index (χ0n) is 12.7. The van der Waals surface area contributed by atoms with Crippen LogP contribution in [-0.2, 0) is 5.54 Å². The Morgan fingerprint density at radius 1 is 1.27 bits per heavy atom. The van der Waals surface area contributed by atoms with Crippen LogP contribution in [0, 0.1) is 0 Å². The van der Waals surface area contributed by atoms with Gasteiger partial charge in [0.15, 0.2) is 5.82 Å². The van der Waals surface area contributed by atoms with E-state index < -0.39 is 5.54 Å². The predicted octanol–water partition coefficient (Wildman–Crippen LogP) is 3.40. The number of halogens is 1. The first kappa shape index (κ1) is 16.8. The Hall–Kier alpha value is -1.59. The van der Waals surface area contributed by atoms with Gasteiger partial charge >= 0.3 is 0 Å². The van der Waals surface area contributed by atoms with Gasteiger partial charge in [0.25, 0.3) is 0 Å². The van der Waals surface area contributed by atoms with Crippen LogP contribution < -0.4 is 10.5 Å². The van der Waals surface area contributed by atoms with E-state index in [1.54, 1.807) is 0 Å². The normalized spacial score (nSPS) is 17.7. The molecule has 1 aliphatic rings. The molecule has 3 rings (SSSR count). The molecule has 0 aliphatic heterocycles. The van der Waals surface area contributed by atoms with Gasteiger partial charge in [-0.15, -0.1) is 12.4 Å². The number of ether oxygens (including phenoxy) is 1. The minimum atomic E-state index is -0.401. The third-order valence-corrected chi connectivity index (χ3v) is 4.05. The van der Waals surface area contributed by atoms with Crippen molar-refractivity contribution in [2.24, 2.45) is 5.73 Å². The molecule has 0 amide bonds. The summed E-state index contributed by atoms with van der Waals surface area (Å²) in [4.78, 5) is 4.49. The highest BCUT2D eigenvalue weighted by atomic mass is 35.5. The van der Waals surface area contributed by atoms with Gasteiger partial charge in [0.05, 0.1) is 18.1 Å². The Morgan fingerprint density at radius 2 is 1.95 bits per heavy atom. The molecule has 2 N–H and O–H groups in total. The molecule has 1 atom stereocenters. The lowest BCUT2D eigenvalue weighted by molar-refractivity contribution is 0.259. The average Bonchev–Trinajstić information content (AvgIpc) is 3.16. The van der Waals surface area contributed by atoms with Crippen molar-refractivity contribution in [3.05, 3.63) is 42.0 Å². The summed E-state index contributed by atoms with van der Waals surface area (Å²) in [6.45, 7) is 2.52. The summed E-state index contributed by atoms with van der Waals surface area (Å²) in [5.74, 6) is 2.12. The summed E-state index contributed by atoms with van der Waals surface area (Å²) in [7, 11) is 0. The van der Waals surface area contributed by atoms with Gasteiger partial charge in [-0.05, 0) is 25.0 Å². The number of hydrogen-bond acceptors (Lipinski definition) is 5. The Labute approximate surface area is 136 Å². The summed E-state index contributed by atoms with van der Waals surface area (Å²) in [5, 5.41) is 4.08. The fourth-order valence-corrected chi connectivity index (χ4v) is 2.68. The predicted molar refractivity (Wildman–Crippen MR) is 86.2 cm³/mol. The number of aromatic nitrogens is 2. The molecule has 1 aromatic heterocycles. The standard InChI is InChI=1S/C16H21N3O2.ClH/c1-12(11-20-13-7-3-2-4-8-13)14-18-15(19-21-14)16(17)9-5-6-10-16;/h2-4,7-8,12H,5-6,9-11,17H2,1H3;1H. The molecule has 1 unspecified atom stereocenters. The average molecular weight is 324 g/mol. The Kier molecular flexibility index (Phi) is 5.42. The van der Waals surface area contributed by atoms with Gasteiger partial charge < -0.3 is 15.0 Å². The molecule has 0 spiro atoms. The van der Waals surface area contributed by atoms with E-state index in [2.05, 4.69) is 10.1 Å². The molecule has 1 aliphatic carbocycles. The minimum Gasteiger partial charge on any atom is -0.493 e. The van der Waals surface area contributed by atoms with Crippen molar-refractivity contribution in [1.29, 1.82) is 0 Å². The lowest BCUT2D eigenvalue weighted by Crippen LogP contribution is -2.34. The largest absolute Gasteiger partial charge is 0.493 e. The van der Waals surface area contributed by atoms with E-state index in [4.69, 9.17) is 15.0 Å². The highest BCUT2D eigenvalue weighted by molar-refractivity contribution is 5.85. The number of nitrogens with two attached hydrogens (primary N) is 1. The molecular formula is C16H22ClN3O2. The zero-order chi connectivity index (χ0) is 14.7. The molecular weight excluding hydrogens is 302 g/mol. The van der Waals surface area contributed by atoms with E-state index in [0.29, 0.717) is 18.3 Å². The topological polar surface area (TPSA) is 74.2 Å². The molecule has 5 nitrogen and oxygen atoms in total. The zero-order valence-corrected chi connectivity index (χ0v) is 13.5. The van der Waals surface area contributed by atoms with Crippen molar-refractivity contribution in [3.8, 4) is 5.75 Å². The molecule has 0 bridgehead atoms. The lowest BCUT2D eigenvalue weighted by atomic mass is 9.98. The Bertz CT molecular complexity index is 582. The van der Waals surface area contributed by atoms with Crippen LogP contribution in [0.4, 0.5) is 0 Å². The van der Waals surface area contributed by atoms with Gasteiger partial charge in [-0.3, -0.25) is 0 Å². The van der Waals surface area contributed by atoms with Crippen molar-refractivity contribution < 1.29 is 9.26 Å². The maximum Gasteiger partial charge on any atom is 0.232 e. The summed E-state index contributed by atoms with van der Waals surface area (Å²) >= 11 is 0. The number of hydrogen-bond donors (Lipinski definition) is 1. The molecule has 1 heterocycles. The first-order valence-corrected chi connectivity index (χ1v) is 7.48.